The molecule has 3 N–H and O–H groups in total. The van der Waals surface area contributed by atoms with E-state index in [1.54, 1.807) is 6.07 Å². The number of nitrogens with one attached hydrogen (secondary N) is 1. The Morgan fingerprint density at radius 3 is 2.74 bits per heavy atom. The van der Waals surface area contributed by atoms with Crippen LogP contribution in [0.15, 0.2) is 22.7 Å². The molecule has 1 aromatic carbocycles. The Bertz CT molecular complexity index is 384. The molecule has 3 nitrogen and oxygen atoms in total. The summed E-state index contributed by atoms with van der Waals surface area (Å²) in [5.74, 6) is 0.701. The maximum atomic E-state index is 9.93. The Morgan fingerprint density at radius 1 is 1.37 bits per heavy atom. The average Bonchev–Trinajstić information content (AvgIpc) is 2.41. The van der Waals surface area contributed by atoms with E-state index in [4.69, 9.17) is 5.11 Å². The molecule has 4 heteroatoms. The van der Waals surface area contributed by atoms with Gasteiger partial charge in [0.25, 0.3) is 0 Å². The molecular weight excluding hydrogens is 306 g/mol. The zero-order chi connectivity index (χ0) is 14.3. The minimum Gasteiger partial charge on any atom is -0.508 e. The highest BCUT2D eigenvalue weighted by Gasteiger charge is 2.13. The summed E-state index contributed by atoms with van der Waals surface area (Å²) in [6.07, 6.45) is 2.98. The monoisotopic (exact) mass is 329 g/mol. The average molecular weight is 330 g/mol. The lowest BCUT2D eigenvalue weighted by atomic mass is 10.0. The van der Waals surface area contributed by atoms with Crippen molar-refractivity contribution in [2.24, 2.45) is 5.92 Å². The molecule has 0 saturated heterocycles. The number of halogens is 1. The summed E-state index contributed by atoms with van der Waals surface area (Å²) in [6.45, 7) is 5.31. The van der Waals surface area contributed by atoms with E-state index in [9.17, 15) is 5.11 Å². The fraction of sp³-hybridized carbons (Fsp3) is 0.600. The van der Waals surface area contributed by atoms with E-state index < -0.39 is 0 Å². The van der Waals surface area contributed by atoms with E-state index in [0.29, 0.717) is 11.7 Å². The smallest absolute Gasteiger partial charge is 0.120 e. The standard InChI is InChI=1S/C15H24BrNO2/c1-3-14(17-8-4-5-11(2)10-18)13-9-12(16)6-7-15(13)19/h6-7,9,11,14,17-19H,3-5,8,10H2,1-2H3. The molecule has 1 aromatic rings. The van der Waals surface area contributed by atoms with E-state index in [1.807, 2.05) is 12.1 Å². The van der Waals surface area contributed by atoms with Gasteiger partial charge in [0.1, 0.15) is 5.75 Å². The number of aromatic hydroxyl groups is 1. The number of phenolic OH excluding ortho intramolecular Hbond substituents is 1. The quantitative estimate of drug-likeness (QED) is 0.638. The topological polar surface area (TPSA) is 52.5 Å². The number of aliphatic hydroxyl groups is 1. The van der Waals surface area contributed by atoms with Crippen LogP contribution >= 0.6 is 15.9 Å². The summed E-state index contributed by atoms with van der Waals surface area (Å²) in [4.78, 5) is 0. The Balaban J connectivity index is 2.51. The second kappa shape index (κ2) is 8.56. The molecule has 0 spiro atoms. The third kappa shape index (κ3) is 5.51. The fourth-order valence-electron chi connectivity index (χ4n) is 2.10. The molecule has 1 rings (SSSR count). The van der Waals surface area contributed by atoms with Crippen molar-refractivity contribution in [1.29, 1.82) is 0 Å². The number of aliphatic hydroxyl groups excluding tert-OH is 1. The fourth-order valence-corrected chi connectivity index (χ4v) is 2.48. The molecule has 0 amide bonds. The zero-order valence-electron chi connectivity index (χ0n) is 11.7. The highest BCUT2D eigenvalue weighted by atomic mass is 79.9. The van der Waals surface area contributed by atoms with Crippen LogP contribution in [0.4, 0.5) is 0 Å². The zero-order valence-corrected chi connectivity index (χ0v) is 13.3. The lowest BCUT2D eigenvalue weighted by Crippen LogP contribution is -2.22. The first-order valence-corrected chi connectivity index (χ1v) is 7.70. The van der Waals surface area contributed by atoms with Gasteiger partial charge in [-0.1, -0.05) is 29.8 Å². The first-order chi connectivity index (χ1) is 9.08. The first kappa shape index (κ1) is 16.5. The lowest BCUT2D eigenvalue weighted by molar-refractivity contribution is 0.227. The van der Waals surface area contributed by atoms with Gasteiger partial charge in [-0.25, -0.2) is 0 Å². The van der Waals surface area contributed by atoms with Crippen molar-refractivity contribution in [2.45, 2.75) is 39.2 Å². The highest BCUT2D eigenvalue weighted by molar-refractivity contribution is 9.10. The van der Waals surface area contributed by atoms with Crippen LogP contribution in [-0.4, -0.2) is 23.4 Å². The van der Waals surface area contributed by atoms with Gasteiger partial charge >= 0.3 is 0 Å². The summed E-state index contributed by atoms with van der Waals surface area (Å²) in [5, 5.41) is 22.4. The van der Waals surface area contributed by atoms with Crippen molar-refractivity contribution in [3.8, 4) is 5.75 Å². The number of rotatable bonds is 8. The molecule has 0 aliphatic heterocycles. The van der Waals surface area contributed by atoms with E-state index in [1.165, 1.54) is 0 Å². The molecule has 108 valence electrons. The van der Waals surface area contributed by atoms with Gasteiger partial charge in [-0.2, -0.15) is 0 Å². The predicted molar refractivity (Wildman–Crippen MR) is 82.3 cm³/mol. The van der Waals surface area contributed by atoms with Crippen LogP contribution in [0.25, 0.3) is 0 Å². The SMILES string of the molecule is CCC(NCCCC(C)CO)c1cc(Br)ccc1O. The van der Waals surface area contributed by atoms with Crippen molar-refractivity contribution in [3.63, 3.8) is 0 Å². The van der Waals surface area contributed by atoms with E-state index >= 15 is 0 Å². The summed E-state index contributed by atoms with van der Waals surface area (Å²) in [6, 6.07) is 5.70. The van der Waals surface area contributed by atoms with Crippen molar-refractivity contribution in [2.75, 3.05) is 13.2 Å². The molecule has 0 radical (unpaired) electrons. The molecule has 0 bridgehead atoms. The lowest BCUT2D eigenvalue weighted by Gasteiger charge is -2.19. The number of phenols is 1. The van der Waals surface area contributed by atoms with Crippen LogP contribution in [0, 0.1) is 5.92 Å². The minimum absolute atomic E-state index is 0.168. The number of benzene rings is 1. The van der Waals surface area contributed by atoms with Gasteiger partial charge in [0.05, 0.1) is 0 Å². The van der Waals surface area contributed by atoms with Crippen LogP contribution in [0.5, 0.6) is 5.75 Å². The van der Waals surface area contributed by atoms with Gasteiger partial charge in [0, 0.05) is 22.7 Å². The van der Waals surface area contributed by atoms with E-state index in [2.05, 4.69) is 35.1 Å². The van der Waals surface area contributed by atoms with Crippen molar-refractivity contribution < 1.29 is 10.2 Å². The van der Waals surface area contributed by atoms with Gasteiger partial charge in [-0.15, -0.1) is 0 Å². The molecule has 19 heavy (non-hydrogen) atoms. The molecule has 2 unspecified atom stereocenters. The second-order valence-electron chi connectivity index (χ2n) is 5.05. The summed E-state index contributed by atoms with van der Waals surface area (Å²) >= 11 is 3.44. The highest BCUT2D eigenvalue weighted by Crippen LogP contribution is 2.29. The summed E-state index contributed by atoms with van der Waals surface area (Å²) in [7, 11) is 0. The van der Waals surface area contributed by atoms with Crippen LogP contribution in [0.2, 0.25) is 0 Å². The predicted octanol–water partition coefficient (Wildman–Crippen LogP) is 3.60. The molecule has 2 atom stereocenters. The molecule has 0 aromatic heterocycles. The van der Waals surface area contributed by atoms with E-state index in [0.717, 1.165) is 35.8 Å². The van der Waals surface area contributed by atoms with Crippen molar-refractivity contribution in [3.05, 3.63) is 28.2 Å². The van der Waals surface area contributed by atoms with Gasteiger partial charge < -0.3 is 15.5 Å². The molecule has 0 fully saturated rings. The molecule has 0 saturated carbocycles. The van der Waals surface area contributed by atoms with Crippen molar-refractivity contribution in [1.82, 2.24) is 5.32 Å². The Morgan fingerprint density at radius 2 is 2.11 bits per heavy atom. The molecule has 0 heterocycles. The minimum atomic E-state index is 0.168. The van der Waals surface area contributed by atoms with Gasteiger partial charge in [0.15, 0.2) is 0 Å². The third-order valence-electron chi connectivity index (χ3n) is 3.35. The normalized spacial score (nSPS) is 14.3. The largest absolute Gasteiger partial charge is 0.508 e. The van der Waals surface area contributed by atoms with Gasteiger partial charge in [-0.05, 0) is 49.9 Å². The number of hydrogen-bond acceptors (Lipinski definition) is 3. The van der Waals surface area contributed by atoms with Crippen LogP contribution in [0.1, 0.15) is 44.7 Å². The Labute approximate surface area is 124 Å². The maximum Gasteiger partial charge on any atom is 0.120 e. The molecular formula is C15H24BrNO2. The van der Waals surface area contributed by atoms with Gasteiger partial charge in [0.2, 0.25) is 0 Å². The Hall–Kier alpha value is -0.580. The molecule has 0 aliphatic rings. The third-order valence-corrected chi connectivity index (χ3v) is 3.84. The second-order valence-corrected chi connectivity index (χ2v) is 5.96. The summed E-state index contributed by atoms with van der Waals surface area (Å²) in [5.41, 5.74) is 0.937. The number of hydrogen-bond donors (Lipinski definition) is 3. The van der Waals surface area contributed by atoms with Crippen LogP contribution in [-0.2, 0) is 0 Å². The Kier molecular flexibility index (Phi) is 7.42. The van der Waals surface area contributed by atoms with Crippen molar-refractivity contribution >= 4 is 15.9 Å². The van der Waals surface area contributed by atoms with Crippen LogP contribution in [0.3, 0.4) is 0 Å². The molecule has 0 aliphatic carbocycles. The van der Waals surface area contributed by atoms with Crippen LogP contribution < -0.4 is 5.32 Å². The maximum absolute atomic E-state index is 9.93. The first-order valence-electron chi connectivity index (χ1n) is 6.91. The van der Waals surface area contributed by atoms with Gasteiger partial charge in [-0.3, -0.25) is 0 Å². The van der Waals surface area contributed by atoms with E-state index in [-0.39, 0.29) is 12.6 Å². The summed E-state index contributed by atoms with van der Waals surface area (Å²) < 4.78 is 0.981.